The van der Waals surface area contributed by atoms with Crippen molar-refractivity contribution in [2.24, 2.45) is 0 Å². The molecule has 0 amide bonds. The molecular formula is C15H30N2O4. The summed E-state index contributed by atoms with van der Waals surface area (Å²) in [7, 11) is 3.39. The lowest BCUT2D eigenvalue weighted by Crippen LogP contribution is -2.57. The lowest BCUT2D eigenvalue weighted by atomic mass is 10.0. The first kappa shape index (κ1) is 18.4. The molecule has 1 fully saturated rings. The van der Waals surface area contributed by atoms with Gasteiger partial charge in [-0.2, -0.15) is 0 Å². The lowest BCUT2D eigenvalue weighted by molar-refractivity contribution is -0.151. The largest absolute Gasteiger partial charge is 0.465 e. The van der Waals surface area contributed by atoms with Crippen LogP contribution < -0.4 is 5.32 Å². The van der Waals surface area contributed by atoms with Crippen LogP contribution in [0.15, 0.2) is 0 Å². The van der Waals surface area contributed by atoms with E-state index in [9.17, 15) is 4.79 Å². The molecule has 1 rings (SSSR count). The Bertz CT molecular complexity index is 315. The minimum atomic E-state index is -0.701. The monoisotopic (exact) mass is 302 g/mol. The number of likely N-dealkylation sites (tertiary alicyclic amines) is 1. The molecule has 0 saturated carbocycles. The number of nitrogens with zero attached hydrogens (tertiary/aromatic N) is 1. The molecule has 0 aromatic heterocycles. The Balaban J connectivity index is 2.70. The number of nitrogens with one attached hydrogen (secondary N) is 1. The minimum absolute atomic E-state index is 0.0487. The third-order valence-electron chi connectivity index (χ3n) is 3.93. The second-order valence-corrected chi connectivity index (χ2v) is 5.72. The van der Waals surface area contributed by atoms with Gasteiger partial charge in [-0.25, -0.2) is 0 Å². The third kappa shape index (κ3) is 4.92. The van der Waals surface area contributed by atoms with Crippen LogP contribution in [-0.4, -0.2) is 75.6 Å². The number of hydrogen-bond acceptors (Lipinski definition) is 6. The molecule has 0 radical (unpaired) electrons. The van der Waals surface area contributed by atoms with Crippen LogP contribution in [0.5, 0.6) is 0 Å². The van der Waals surface area contributed by atoms with Crippen LogP contribution in [-0.2, 0) is 19.0 Å². The highest BCUT2D eigenvalue weighted by Gasteiger charge is 2.41. The van der Waals surface area contributed by atoms with Crippen molar-refractivity contribution >= 4 is 5.97 Å². The number of methoxy groups -OCH3 is 2. The van der Waals surface area contributed by atoms with Crippen LogP contribution in [0, 0.1) is 0 Å². The van der Waals surface area contributed by atoms with Gasteiger partial charge in [-0.1, -0.05) is 6.92 Å². The Morgan fingerprint density at radius 2 is 1.81 bits per heavy atom. The van der Waals surface area contributed by atoms with Crippen LogP contribution in [0.2, 0.25) is 0 Å². The molecule has 0 aromatic carbocycles. The third-order valence-corrected chi connectivity index (χ3v) is 3.93. The van der Waals surface area contributed by atoms with Gasteiger partial charge in [-0.3, -0.25) is 9.69 Å². The summed E-state index contributed by atoms with van der Waals surface area (Å²) >= 11 is 0. The Morgan fingerprint density at radius 1 is 1.24 bits per heavy atom. The molecule has 3 unspecified atom stereocenters. The molecule has 6 heteroatoms. The molecule has 0 bridgehead atoms. The Labute approximate surface area is 128 Å². The van der Waals surface area contributed by atoms with E-state index in [-0.39, 0.29) is 18.2 Å². The predicted molar refractivity (Wildman–Crippen MR) is 81.4 cm³/mol. The molecule has 0 aromatic rings. The van der Waals surface area contributed by atoms with E-state index in [2.05, 4.69) is 17.1 Å². The van der Waals surface area contributed by atoms with Crippen molar-refractivity contribution in [2.45, 2.75) is 44.9 Å². The van der Waals surface area contributed by atoms with E-state index in [0.717, 1.165) is 26.1 Å². The smallest absolute Gasteiger partial charge is 0.327 e. The quantitative estimate of drug-likeness (QED) is 0.631. The van der Waals surface area contributed by atoms with Crippen LogP contribution in [0.1, 0.15) is 27.2 Å². The van der Waals surface area contributed by atoms with Crippen LogP contribution >= 0.6 is 0 Å². The molecule has 1 heterocycles. The molecule has 1 saturated heterocycles. The Hall–Kier alpha value is -0.690. The Kier molecular flexibility index (Phi) is 7.59. The van der Waals surface area contributed by atoms with Gasteiger partial charge in [-0.05, 0) is 26.8 Å². The fourth-order valence-corrected chi connectivity index (χ4v) is 2.73. The maximum Gasteiger partial charge on any atom is 0.327 e. The van der Waals surface area contributed by atoms with E-state index < -0.39 is 5.54 Å². The molecule has 0 aliphatic carbocycles. The highest BCUT2D eigenvalue weighted by Crippen LogP contribution is 2.19. The van der Waals surface area contributed by atoms with Crippen molar-refractivity contribution in [3.63, 3.8) is 0 Å². The van der Waals surface area contributed by atoms with E-state index in [4.69, 9.17) is 14.2 Å². The van der Waals surface area contributed by atoms with Crippen molar-refractivity contribution in [1.82, 2.24) is 10.2 Å². The summed E-state index contributed by atoms with van der Waals surface area (Å²) in [6.45, 7) is 9.10. The maximum absolute atomic E-state index is 12.3. The van der Waals surface area contributed by atoms with Gasteiger partial charge in [0, 0.05) is 33.9 Å². The zero-order valence-electron chi connectivity index (χ0n) is 14.0. The first-order valence-electron chi connectivity index (χ1n) is 7.70. The molecule has 1 N–H and O–H groups in total. The summed E-state index contributed by atoms with van der Waals surface area (Å²) in [4.78, 5) is 14.5. The summed E-state index contributed by atoms with van der Waals surface area (Å²) in [5, 5.41) is 3.33. The number of esters is 1. The molecule has 21 heavy (non-hydrogen) atoms. The maximum atomic E-state index is 12.3. The fourth-order valence-electron chi connectivity index (χ4n) is 2.73. The number of carbonyl (C=O) groups excluding carboxylic acids is 1. The van der Waals surface area contributed by atoms with Crippen molar-refractivity contribution in [3.05, 3.63) is 0 Å². The fraction of sp³-hybridized carbons (Fsp3) is 0.933. The molecule has 1 aliphatic rings. The van der Waals surface area contributed by atoms with Crippen LogP contribution in [0.3, 0.4) is 0 Å². The highest BCUT2D eigenvalue weighted by molar-refractivity contribution is 5.80. The summed E-state index contributed by atoms with van der Waals surface area (Å²) < 4.78 is 16.1. The second-order valence-electron chi connectivity index (χ2n) is 5.72. The van der Waals surface area contributed by atoms with E-state index in [1.807, 2.05) is 13.8 Å². The summed E-state index contributed by atoms with van der Waals surface area (Å²) in [5.74, 6) is -0.201. The molecule has 6 nitrogen and oxygen atoms in total. The SMILES string of the molecule is CCCNC(C)(CN1CC(OC)C(OC)C1)C(=O)OCC. The van der Waals surface area contributed by atoms with E-state index in [1.54, 1.807) is 14.2 Å². The standard InChI is InChI=1S/C15H30N2O4/c1-6-8-16-15(3,14(18)21-7-2)11-17-9-12(19-4)13(10-17)20-5/h12-13,16H,6-11H2,1-5H3. The average molecular weight is 302 g/mol. The Morgan fingerprint density at radius 3 is 2.24 bits per heavy atom. The van der Waals surface area contributed by atoms with E-state index >= 15 is 0 Å². The second kappa shape index (κ2) is 8.68. The van der Waals surface area contributed by atoms with Crippen LogP contribution in [0.25, 0.3) is 0 Å². The summed E-state index contributed by atoms with van der Waals surface area (Å²) in [6, 6.07) is 0. The van der Waals surface area contributed by atoms with Crippen LogP contribution in [0.4, 0.5) is 0 Å². The zero-order valence-corrected chi connectivity index (χ0v) is 14.0. The number of ether oxygens (including phenoxy) is 3. The van der Waals surface area contributed by atoms with Crippen molar-refractivity contribution in [2.75, 3.05) is 47.0 Å². The van der Waals surface area contributed by atoms with Gasteiger partial charge in [0.15, 0.2) is 0 Å². The molecule has 1 aliphatic heterocycles. The van der Waals surface area contributed by atoms with Gasteiger partial charge in [0.1, 0.15) is 5.54 Å². The van der Waals surface area contributed by atoms with Gasteiger partial charge in [0.2, 0.25) is 0 Å². The van der Waals surface area contributed by atoms with Gasteiger partial charge in [-0.15, -0.1) is 0 Å². The molecule has 0 spiro atoms. The zero-order chi connectivity index (χ0) is 15.9. The first-order chi connectivity index (χ1) is 10.0. The lowest BCUT2D eigenvalue weighted by Gasteiger charge is -2.32. The highest BCUT2D eigenvalue weighted by atomic mass is 16.5. The molecule has 3 atom stereocenters. The predicted octanol–water partition coefficient (Wildman–Crippen LogP) is 0.653. The van der Waals surface area contributed by atoms with Gasteiger partial charge in [0.05, 0.1) is 18.8 Å². The van der Waals surface area contributed by atoms with Crippen molar-refractivity contribution < 1.29 is 19.0 Å². The number of carbonyl (C=O) groups is 1. The minimum Gasteiger partial charge on any atom is -0.465 e. The van der Waals surface area contributed by atoms with Gasteiger partial charge >= 0.3 is 5.97 Å². The molecule has 124 valence electrons. The normalized spacial score (nSPS) is 25.8. The summed E-state index contributed by atoms with van der Waals surface area (Å²) in [6.07, 6.45) is 1.07. The van der Waals surface area contributed by atoms with Gasteiger partial charge in [0.25, 0.3) is 0 Å². The average Bonchev–Trinajstić information content (AvgIpc) is 2.87. The molecular weight excluding hydrogens is 272 g/mol. The topological polar surface area (TPSA) is 60.0 Å². The summed E-state index contributed by atoms with van der Waals surface area (Å²) in [5.41, 5.74) is -0.701. The number of rotatable bonds is 9. The van der Waals surface area contributed by atoms with E-state index in [0.29, 0.717) is 13.2 Å². The van der Waals surface area contributed by atoms with Gasteiger partial charge < -0.3 is 19.5 Å². The number of hydrogen-bond donors (Lipinski definition) is 1. The van der Waals surface area contributed by atoms with Crippen molar-refractivity contribution in [1.29, 1.82) is 0 Å². The van der Waals surface area contributed by atoms with Crippen molar-refractivity contribution in [3.8, 4) is 0 Å². The first-order valence-corrected chi connectivity index (χ1v) is 7.70. The van der Waals surface area contributed by atoms with E-state index in [1.165, 1.54) is 0 Å².